The largest absolute Gasteiger partial charge is 0.326 e. The predicted octanol–water partition coefficient (Wildman–Crippen LogP) is 5.81. The lowest BCUT2D eigenvalue weighted by Gasteiger charge is -2.03. The van der Waals surface area contributed by atoms with Crippen molar-refractivity contribution in [3.63, 3.8) is 0 Å². The smallest absolute Gasteiger partial charge is 0.211 e. The van der Waals surface area contributed by atoms with Gasteiger partial charge in [-0.25, -0.2) is 4.39 Å². The monoisotopic (exact) mass is 399 g/mol. The number of amides is 1. The average molecular weight is 399 g/mol. The second-order valence-electron chi connectivity index (χ2n) is 7.47. The molecule has 5 rings (SSSR count). The Hall–Kier alpha value is -3.60. The van der Waals surface area contributed by atoms with Crippen LogP contribution in [0, 0.1) is 11.7 Å². The fraction of sp³-hybridized carbons (Fsp3) is 0.160. The SMILES string of the molecule is CC1C[C@H]1c1ccc(-c2cccnc2)cc1.O=CNc1ccc2cnccc2c1F. The molecule has 0 bridgehead atoms. The van der Waals surface area contributed by atoms with E-state index >= 15 is 0 Å². The van der Waals surface area contributed by atoms with Crippen molar-refractivity contribution in [1.82, 2.24) is 9.97 Å². The molecule has 0 saturated heterocycles. The molecule has 2 aromatic carbocycles. The lowest BCUT2D eigenvalue weighted by molar-refractivity contribution is -0.105. The Kier molecular flexibility index (Phi) is 5.80. The molecule has 150 valence electrons. The number of anilines is 1. The molecule has 1 fully saturated rings. The molecule has 1 N–H and O–H groups in total. The Balaban J connectivity index is 0.000000147. The number of nitrogens with one attached hydrogen (secondary N) is 1. The second kappa shape index (κ2) is 8.82. The van der Waals surface area contributed by atoms with Gasteiger partial charge in [0.2, 0.25) is 6.41 Å². The van der Waals surface area contributed by atoms with Crippen LogP contribution in [0.1, 0.15) is 24.8 Å². The highest BCUT2D eigenvalue weighted by Gasteiger charge is 2.33. The van der Waals surface area contributed by atoms with Crippen molar-refractivity contribution in [1.29, 1.82) is 0 Å². The highest BCUT2D eigenvalue weighted by Crippen LogP contribution is 2.47. The Bertz CT molecular complexity index is 1150. The van der Waals surface area contributed by atoms with Gasteiger partial charge in [0.05, 0.1) is 5.69 Å². The number of halogens is 1. The van der Waals surface area contributed by atoms with Crippen LogP contribution in [-0.2, 0) is 4.79 Å². The average Bonchev–Trinajstić information content (AvgIpc) is 3.54. The Labute approximate surface area is 174 Å². The Morgan fingerprint density at radius 3 is 2.40 bits per heavy atom. The number of aromatic nitrogens is 2. The normalized spacial score (nSPS) is 17.0. The zero-order chi connectivity index (χ0) is 20.9. The maximum absolute atomic E-state index is 13.6. The lowest BCUT2D eigenvalue weighted by Crippen LogP contribution is -1.97. The molecule has 0 aliphatic heterocycles. The summed E-state index contributed by atoms with van der Waals surface area (Å²) >= 11 is 0. The number of benzene rings is 2. The van der Waals surface area contributed by atoms with Gasteiger partial charge >= 0.3 is 0 Å². The van der Waals surface area contributed by atoms with Crippen LogP contribution in [0.3, 0.4) is 0 Å². The van der Waals surface area contributed by atoms with E-state index in [0.29, 0.717) is 17.2 Å². The van der Waals surface area contributed by atoms with Gasteiger partial charge in [0, 0.05) is 35.6 Å². The zero-order valence-corrected chi connectivity index (χ0v) is 16.6. The summed E-state index contributed by atoms with van der Waals surface area (Å²) in [6.07, 6.45) is 8.61. The molecule has 5 heteroatoms. The summed E-state index contributed by atoms with van der Waals surface area (Å²) in [5.41, 5.74) is 4.11. The van der Waals surface area contributed by atoms with E-state index in [0.717, 1.165) is 11.8 Å². The van der Waals surface area contributed by atoms with Crippen molar-refractivity contribution >= 4 is 22.9 Å². The van der Waals surface area contributed by atoms with Crippen LogP contribution in [0.2, 0.25) is 0 Å². The number of fused-ring (bicyclic) bond motifs is 1. The molecule has 2 aromatic heterocycles. The molecule has 1 aliphatic carbocycles. The molecular weight excluding hydrogens is 377 g/mol. The maximum Gasteiger partial charge on any atom is 0.211 e. The molecular formula is C25H22FN3O. The van der Waals surface area contributed by atoms with Crippen LogP contribution in [0.25, 0.3) is 21.9 Å². The van der Waals surface area contributed by atoms with Crippen LogP contribution >= 0.6 is 0 Å². The summed E-state index contributed by atoms with van der Waals surface area (Å²) in [7, 11) is 0. The van der Waals surface area contributed by atoms with Gasteiger partial charge in [-0.2, -0.15) is 0 Å². The van der Waals surface area contributed by atoms with Gasteiger partial charge in [-0.15, -0.1) is 0 Å². The number of carbonyl (C=O) groups excluding carboxylic acids is 1. The van der Waals surface area contributed by atoms with Crippen LogP contribution in [0.5, 0.6) is 0 Å². The van der Waals surface area contributed by atoms with Crippen LogP contribution in [-0.4, -0.2) is 16.4 Å². The van der Waals surface area contributed by atoms with E-state index in [4.69, 9.17) is 0 Å². The molecule has 0 spiro atoms. The minimum Gasteiger partial charge on any atom is -0.326 e. The van der Waals surface area contributed by atoms with E-state index in [9.17, 15) is 9.18 Å². The molecule has 4 nitrogen and oxygen atoms in total. The van der Waals surface area contributed by atoms with E-state index in [1.54, 1.807) is 18.3 Å². The molecule has 1 aliphatic rings. The zero-order valence-electron chi connectivity index (χ0n) is 16.6. The second-order valence-corrected chi connectivity index (χ2v) is 7.47. The molecule has 1 unspecified atom stereocenters. The first-order valence-corrected chi connectivity index (χ1v) is 9.90. The number of carbonyl (C=O) groups is 1. The summed E-state index contributed by atoms with van der Waals surface area (Å²) in [6.45, 7) is 2.32. The molecule has 1 amide bonds. The number of nitrogens with zero attached hydrogens (tertiary/aromatic N) is 2. The third-order valence-electron chi connectivity index (χ3n) is 5.41. The van der Waals surface area contributed by atoms with Gasteiger partial charge in [0.25, 0.3) is 0 Å². The highest BCUT2D eigenvalue weighted by molar-refractivity contribution is 5.88. The van der Waals surface area contributed by atoms with Gasteiger partial charge in [-0.1, -0.05) is 43.3 Å². The van der Waals surface area contributed by atoms with E-state index in [-0.39, 0.29) is 5.69 Å². The fourth-order valence-electron chi connectivity index (χ4n) is 3.55. The maximum atomic E-state index is 13.6. The minimum absolute atomic E-state index is 0.179. The summed E-state index contributed by atoms with van der Waals surface area (Å²) < 4.78 is 13.6. The van der Waals surface area contributed by atoms with Crippen molar-refractivity contribution in [3.05, 3.63) is 90.8 Å². The predicted molar refractivity (Wildman–Crippen MR) is 118 cm³/mol. The van der Waals surface area contributed by atoms with Crippen molar-refractivity contribution in [2.45, 2.75) is 19.3 Å². The van der Waals surface area contributed by atoms with Gasteiger partial charge in [-0.05, 0) is 53.1 Å². The van der Waals surface area contributed by atoms with Crippen molar-refractivity contribution in [2.24, 2.45) is 5.92 Å². The van der Waals surface area contributed by atoms with Gasteiger partial charge in [0.1, 0.15) is 0 Å². The number of rotatable bonds is 4. The van der Waals surface area contributed by atoms with Gasteiger partial charge in [0.15, 0.2) is 5.82 Å². The molecule has 2 atom stereocenters. The quantitative estimate of drug-likeness (QED) is 0.440. The number of hydrogen-bond acceptors (Lipinski definition) is 3. The van der Waals surface area contributed by atoms with Gasteiger partial charge < -0.3 is 5.32 Å². The van der Waals surface area contributed by atoms with E-state index in [1.165, 1.54) is 35.4 Å². The molecule has 30 heavy (non-hydrogen) atoms. The minimum atomic E-state index is -0.433. The van der Waals surface area contributed by atoms with Crippen LogP contribution in [0.15, 0.2) is 79.4 Å². The molecule has 1 saturated carbocycles. The van der Waals surface area contributed by atoms with Crippen molar-refractivity contribution < 1.29 is 9.18 Å². The standard InChI is InChI=1S/C15H15N.C10H7FN2O/c1-11-9-15(11)13-6-4-12(5-7-13)14-3-2-8-16-10-14;11-10-8-3-4-12-5-7(8)1-2-9(10)13-6-14/h2-8,10-11,15H,9H2,1H3;1-6H,(H,13,14)/t11?,15-;/m1./s1. The Morgan fingerprint density at radius 1 is 0.967 bits per heavy atom. The number of hydrogen-bond donors (Lipinski definition) is 1. The summed E-state index contributed by atoms with van der Waals surface area (Å²) in [4.78, 5) is 18.2. The summed E-state index contributed by atoms with van der Waals surface area (Å²) in [5, 5.41) is 3.45. The van der Waals surface area contributed by atoms with E-state index in [1.807, 2.05) is 18.5 Å². The van der Waals surface area contributed by atoms with Crippen LogP contribution in [0.4, 0.5) is 10.1 Å². The molecule has 2 heterocycles. The van der Waals surface area contributed by atoms with E-state index < -0.39 is 5.82 Å². The summed E-state index contributed by atoms with van der Waals surface area (Å²) in [6, 6.07) is 17.8. The highest BCUT2D eigenvalue weighted by atomic mass is 19.1. The molecule has 0 radical (unpaired) electrons. The van der Waals surface area contributed by atoms with Crippen molar-refractivity contribution in [2.75, 3.05) is 5.32 Å². The van der Waals surface area contributed by atoms with Crippen LogP contribution < -0.4 is 5.32 Å². The third kappa shape index (κ3) is 4.35. The lowest BCUT2D eigenvalue weighted by atomic mass is 10.0. The number of pyridine rings is 2. The first-order chi connectivity index (χ1) is 14.7. The fourth-order valence-corrected chi connectivity index (χ4v) is 3.55. The van der Waals surface area contributed by atoms with Crippen molar-refractivity contribution in [3.8, 4) is 11.1 Å². The first kappa shape index (κ1) is 19.7. The third-order valence-corrected chi connectivity index (χ3v) is 5.41. The molecule has 4 aromatic rings. The summed E-state index contributed by atoms with van der Waals surface area (Å²) in [5.74, 6) is 1.25. The van der Waals surface area contributed by atoms with Gasteiger partial charge in [-0.3, -0.25) is 14.8 Å². The Morgan fingerprint density at radius 2 is 1.73 bits per heavy atom. The van der Waals surface area contributed by atoms with E-state index in [2.05, 4.69) is 52.5 Å². The topological polar surface area (TPSA) is 54.9 Å². The first-order valence-electron chi connectivity index (χ1n) is 9.90.